The van der Waals surface area contributed by atoms with E-state index in [0.29, 0.717) is 6.54 Å². The minimum atomic E-state index is -0.784. The summed E-state index contributed by atoms with van der Waals surface area (Å²) in [4.78, 5) is 25.5. The highest BCUT2D eigenvalue weighted by Crippen LogP contribution is 2.20. The van der Waals surface area contributed by atoms with Gasteiger partial charge in [0.2, 0.25) is 5.91 Å². The molecule has 19 heavy (non-hydrogen) atoms. The molecular weight excluding hydrogens is 262 g/mol. The van der Waals surface area contributed by atoms with Crippen LogP contribution in [0.1, 0.15) is 24.1 Å². The molecule has 1 aromatic heterocycles. The van der Waals surface area contributed by atoms with Gasteiger partial charge in [-0.3, -0.25) is 9.59 Å². The molecule has 0 aliphatic carbocycles. The van der Waals surface area contributed by atoms with Crippen molar-refractivity contribution in [2.24, 2.45) is 5.92 Å². The van der Waals surface area contributed by atoms with E-state index >= 15 is 0 Å². The van der Waals surface area contributed by atoms with Crippen LogP contribution in [-0.4, -0.2) is 35.0 Å². The topological polar surface area (TPSA) is 57.6 Å². The SMILES string of the molecule is O=C(O)CC1CCCN(C(=O)C=Cc2cccs2)C1. The van der Waals surface area contributed by atoms with Crippen LogP contribution in [0.25, 0.3) is 6.08 Å². The van der Waals surface area contributed by atoms with Crippen molar-refractivity contribution in [1.82, 2.24) is 4.90 Å². The maximum atomic E-state index is 12.0. The highest BCUT2D eigenvalue weighted by atomic mass is 32.1. The van der Waals surface area contributed by atoms with Crippen LogP contribution in [0.2, 0.25) is 0 Å². The lowest BCUT2D eigenvalue weighted by Crippen LogP contribution is -2.39. The van der Waals surface area contributed by atoms with E-state index < -0.39 is 5.97 Å². The number of rotatable bonds is 4. The first-order valence-corrected chi connectivity index (χ1v) is 7.25. The molecule has 1 amide bonds. The summed E-state index contributed by atoms with van der Waals surface area (Å²) in [5.74, 6) is -0.720. The summed E-state index contributed by atoms with van der Waals surface area (Å²) < 4.78 is 0. The molecule has 1 N–H and O–H groups in total. The van der Waals surface area contributed by atoms with Crippen molar-refractivity contribution >= 4 is 29.3 Å². The predicted molar refractivity (Wildman–Crippen MR) is 74.9 cm³/mol. The van der Waals surface area contributed by atoms with Gasteiger partial charge in [0.25, 0.3) is 0 Å². The number of hydrogen-bond donors (Lipinski definition) is 1. The minimum Gasteiger partial charge on any atom is -0.481 e. The minimum absolute atomic E-state index is 0.0245. The first-order chi connectivity index (χ1) is 9.15. The van der Waals surface area contributed by atoms with Gasteiger partial charge >= 0.3 is 5.97 Å². The van der Waals surface area contributed by atoms with Gasteiger partial charge in [0, 0.05) is 30.5 Å². The number of carbonyl (C=O) groups is 2. The van der Waals surface area contributed by atoms with E-state index in [1.165, 1.54) is 0 Å². The third-order valence-corrected chi connectivity index (χ3v) is 4.06. The molecule has 0 aromatic carbocycles. The molecule has 1 aromatic rings. The second kappa shape index (κ2) is 6.52. The third-order valence-electron chi connectivity index (χ3n) is 3.23. The van der Waals surface area contributed by atoms with Gasteiger partial charge < -0.3 is 10.0 Å². The van der Waals surface area contributed by atoms with E-state index in [2.05, 4.69) is 0 Å². The van der Waals surface area contributed by atoms with E-state index in [-0.39, 0.29) is 18.2 Å². The molecular formula is C14H17NO3S. The Morgan fingerprint density at radius 1 is 1.53 bits per heavy atom. The lowest BCUT2D eigenvalue weighted by Gasteiger charge is -2.31. The average Bonchev–Trinajstić information content (AvgIpc) is 2.88. The van der Waals surface area contributed by atoms with Crippen molar-refractivity contribution < 1.29 is 14.7 Å². The maximum Gasteiger partial charge on any atom is 0.303 e. The van der Waals surface area contributed by atoms with Crippen molar-refractivity contribution in [3.8, 4) is 0 Å². The fourth-order valence-electron chi connectivity index (χ4n) is 2.32. The molecule has 2 rings (SSSR count). The van der Waals surface area contributed by atoms with Crippen LogP contribution < -0.4 is 0 Å². The number of likely N-dealkylation sites (tertiary alicyclic amines) is 1. The Kier molecular flexibility index (Phi) is 4.74. The van der Waals surface area contributed by atoms with Crippen LogP contribution in [0.3, 0.4) is 0 Å². The third kappa shape index (κ3) is 4.21. The number of nitrogens with zero attached hydrogens (tertiary/aromatic N) is 1. The molecule has 5 heteroatoms. The molecule has 1 atom stereocenters. The van der Waals surface area contributed by atoms with Gasteiger partial charge in [-0.15, -0.1) is 11.3 Å². The van der Waals surface area contributed by atoms with Crippen LogP contribution in [0.5, 0.6) is 0 Å². The van der Waals surface area contributed by atoms with Crippen LogP contribution >= 0.6 is 11.3 Å². The lowest BCUT2D eigenvalue weighted by atomic mass is 9.95. The molecule has 4 nitrogen and oxygen atoms in total. The van der Waals surface area contributed by atoms with Crippen molar-refractivity contribution in [2.75, 3.05) is 13.1 Å². The quantitative estimate of drug-likeness (QED) is 0.861. The molecule has 1 aliphatic rings. The molecule has 0 spiro atoms. The highest BCUT2D eigenvalue weighted by Gasteiger charge is 2.23. The summed E-state index contributed by atoms with van der Waals surface area (Å²) in [6, 6.07) is 3.90. The number of hydrogen-bond acceptors (Lipinski definition) is 3. The number of carbonyl (C=O) groups excluding carboxylic acids is 1. The standard InChI is InChI=1S/C14H17NO3S/c16-13(6-5-12-4-2-8-19-12)15-7-1-3-11(10-15)9-14(17)18/h2,4-6,8,11H,1,3,7,9-10H2,(H,17,18). The Morgan fingerprint density at radius 2 is 2.37 bits per heavy atom. The Labute approximate surface area is 116 Å². The molecule has 1 unspecified atom stereocenters. The molecule has 102 valence electrons. The number of thiophene rings is 1. The van der Waals surface area contributed by atoms with Crippen molar-refractivity contribution in [2.45, 2.75) is 19.3 Å². The van der Waals surface area contributed by atoms with Crippen LogP contribution in [-0.2, 0) is 9.59 Å². The molecule has 0 saturated carbocycles. The first-order valence-electron chi connectivity index (χ1n) is 6.37. The predicted octanol–water partition coefficient (Wildman–Crippen LogP) is 2.47. The van der Waals surface area contributed by atoms with Crippen LogP contribution in [0, 0.1) is 5.92 Å². The van der Waals surface area contributed by atoms with E-state index in [1.807, 2.05) is 23.6 Å². The zero-order valence-corrected chi connectivity index (χ0v) is 11.4. The fraction of sp³-hybridized carbons (Fsp3) is 0.429. The van der Waals surface area contributed by atoms with Crippen LogP contribution in [0.15, 0.2) is 23.6 Å². The van der Waals surface area contributed by atoms with Gasteiger partial charge in [-0.05, 0) is 36.3 Å². The molecule has 2 heterocycles. The molecule has 0 radical (unpaired) electrons. The Morgan fingerprint density at radius 3 is 3.05 bits per heavy atom. The summed E-state index contributed by atoms with van der Waals surface area (Å²) in [5, 5.41) is 10.8. The fourth-order valence-corrected chi connectivity index (χ4v) is 2.94. The van der Waals surface area contributed by atoms with E-state index in [9.17, 15) is 9.59 Å². The Hall–Kier alpha value is -1.62. The zero-order chi connectivity index (χ0) is 13.7. The number of amides is 1. The summed E-state index contributed by atoms with van der Waals surface area (Å²) in [7, 11) is 0. The largest absolute Gasteiger partial charge is 0.481 e. The molecule has 1 fully saturated rings. The van der Waals surface area contributed by atoms with Crippen LogP contribution in [0.4, 0.5) is 0 Å². The van der Waals surface area contributed by atoms with E-state index in [4.69, 9.17) is 5.11 Å². The number of aliphatic carboxylic acids is 1. The van der Waals surface area contributed by atoms with Gasteiger partial charge in [-0.2, -0.15) is 0 Å². The lowest BCUT2D eigenvalue weighted by molar-refractivity contribution is -0.139. The van der Waals surface area contributed by atoms with Crippen molar-refractivity contribution in [3.63, 3.8) is 0 Å². The smallest absolute Gasteiger partial charge is 0.303 e. The summed E-state index contributed by atoms with van der Waals surface area (Å²) in [6.45, 7) is 1.28. The normalized spacial score (nSPS) is 19.8. The molecule has 0 bridgehead atoms. The summed E-state index contributed by atoms with van der Waals surface area (Å²) in [6.07, 6.45) is 5.32. The molecule has 1 saturated heterocycles. The second-order valence-corrected chi connectivity index (χ2v) is 5.72. The van der Waals surface area contributed by atoms with Gasteiger partial charge in [-0.1, -0.05) is 6.07 Å². The van der Waals surface area contributed by atoms with Gasteiger partial charge in [0.1, 0.15) is 0 Å². The van der Waals surface area contributed by atoms with Crippen molar-refractivity contribution in [1.29, 1.82) is 0 Å². The van der Waals surface area contributed by atoms with Gasteiger partial charge in [-0.25, -0.2) is 0 Å². The monoisotopic (exact) mass is 279 g/mol. The zero-order valence-electron chi connectivity index (χ0n) is 10.6. The van der Waals surface area contributed by atoms with Gasteiger partial charge in [0.05, 0.1) is 0 Å². The van der Waals surface area contributed by atoms with E-state index in [1.54, 1.807) is 22.3 Å². The van der Waals surface area contributed by atoms with Gasteiger partial charge in [0.15, 0.2) is 0 Å². The number of piperidine rings is 1. The highest BCUT2D eigenvalue weighted by molar-refractivity contribution is 7.10. The number of carboxylic acids is 1. The van der Waals surface area contributed by atoms with Crippen molar-refractivity contribution in [3.05, 3.63) is 28.5 Å². The maximum absolute atomic E-state index is 12.0. The van der Waals surface area contributed by atoms with E-state index in [0.717, 1.165) is 24.3 Å². The number of carboxylic acid groups (broad SMARTS) is 1. The first kappa shape index (κ1) is 13.8. The summed E-state index contributed by atoms with van der Waals surface area (Å²) in [5.41, 5.74) is 0. The molecule has 1 aliphatic heterocycles. The Balaban J connectivity index is 1.90. The second-order valence-electron chi connectivity index (χ2n) is 4.74. The summed E-state index contributed by atoms with van der Waals surface area (Å²) >= 11 is 1.59. The Bertz CT molecular complexity index is 467. The average molecular weight is 279 g/mol.